The fourth-order valence-electron chi connectivity index (χ4n) is 8.97. The first-order valence-electron chi connectivity index (χ1n) is 11.8. The summed E-state index contributed by atoms with van der Waals surface area (Å²) in [5, 5.41) is 22.8. The van der Waals surface area contributed by atoms with Crippen LogP contribution in [0.2, 0.25) is 0 Å². The molecule has 4 saturated carbocycles. The maximum atomic E-state index is 12.0. The van der Waals surface area contributed by atoms with E-state index in [1.807, 2.05) is 20.1 Å². The smallest absolute Gasteiger partial charge is 0.165 e. The molecule has 164 valence electrons. The van der Waals surface area contributed by atoms with Gasteiger partial charge in [-0.05, 0) is 73.8 Å². The summed E-state index contributed by atoms with van der Waals surface area (Å²) in [6.07, 6.45) is 7.56. The van der Waals surface area contributed by atoms with E-state index in [4.69, 9.17) is 9.47 Å². The normalized spacial score (nSPS) is 44.9. The highest BCUT2D eigenvalue weighted by Crippen LogP contribution is 2.79. The number of benzene rings is 1. The van der Waals surface area contributed by atoms with Gasteiger partial charge >= 0.3 is 0 Å². The van der Waals surface area contributed by atoms with E-state index in [-0.39, 0.29) is 34.0 Å². The molecule has 5 aliphatic carbocycles. The topological polar surface area (TPSA) is 58.9 Å². The Labute approximate surface area is 180 Å². The first-order chi connectivity index (χ1) is 14.1. The molecule has 4 heteroatoms. The molecule has 1 heterocycles. The van der Waals surface area contributed by atoms with Crippen molar-refractivity contribution in [3.63, 3.8) is 0 Å². The van der Waals surface area contributed by atoms with Crippen molar-refractivity contribution >= 4 is 0 Å². The third-order valence-corrected chi connectivity index (χ3v) is 10.8. The fourth-order valence-corrected chi connectivity index (χ4v) is 8.97. The maximum absolute atomic E-state index is 12.0. The zero-order chi connectivity index (χ0) is 21.3. The Hall–Kier alpha value is -1.26. The average Bonchev–Trinajstić information content (AvgIpc) is 3.05. The van der Waals surface area contributed by atoms with Crippen molar-refractivity contribution in [2.75, 3.05) is 7.11 Å². The molecule has 1 aromatic carbocycles. The van der Waals surface area contributed by atoms with Gasteiger partial charge in [0.05, 0.1) is 5.60 Å². The largest absolute Gasteiger partial charge is 0.504 e. The number of aromatic hydroxyl groups is 1. The van der Waals surface area contributed by atoms with Crippen molar-refractivity contribution in [2.24, 2.45) is 22.7 Å². The van der Waals surface area contributed by atoms with Gasteiger partial charge in [-0.25, -0.2) is 0 Å². The lowest BCUT2D eigenvalue weighted by Gasteiger charge is -2.74. The van der Waals surface area contributed by atoms with E-state index in [0.29, 0.717) is 11.7 Å². The molecule has 4 nitrogen and oxygen atoms in total. The maximum Gasteiger partial charge on any atom is 0.165 e. The van der Waals surface area contributed by atoms with Crippen LogP contribution in [0, 0.1) is 22.7 Å². The van der Waals surface area contributed by atoms with Crippen molar-refractivity contribution in [1.29, 1.82) is 0 Å². The summed E-state index contributed by atoms with van der Waals surface area (Å²) in [7, 11) is 1.82. The van der Waals surface area contributed by atoms with Gasteiger partial charge in [0.2, 0.25) is 0 Å². The van der Waals surface area contributed by atoms with Gasteiger partial charge in [0, 0.05) is 24.0 Å². The van der Waals surface area contributed by atoms with Crippen LogP contribution in [0.4, 0.5) is 0 Å². The molecule has 30 heavy (non-hydrogen) atoms. The Bertz CT molecular complexity index is 930. The molecule has 1 aromatic rings. The van der Waals surface area contributed by atoms with Crippen molar-refractivity contribution in [1.82, 2.24) is 0 Å². The third-order valence-electron chi connectivity index (χ3n) is 10.8. The predicted octanol–water partition coefficient (Wildman–Crippen LogP) is 4.73. The third kappa shape index (κ3) is 1.78. The molecule has 0 saturated heterocycles. The molecule has 1 aliphatic heterocycles. The zero-order valence-electron chi connectivity index (χ0n) is 19.0. The Morgan fingerprint density at radius 2 is 1.90 bits per heavy atom. The Morgan fingerprint density at radius 3 is 2.60 bits per heavy atom. The monoisotopic (exact) mass is 412 g/mol. The number of methoxy groups -OCH3 is 1. The molecule has 6 aliphatic rings. The van der Waals surface area contributed by atoms with Crippen molar-refractivity contribution in [3.05, 3.63) is 23.3 Å². The highest BCUT2D eigenvalue weighted by Gasteiger charge is 2.81. The van der Waals surface area contributed by atoms with Crippen molar-refractivity contribution in [2.45, 2.75) is 95.4 Å². The van der Waals surface area contributed by atoms with E-state index in [9.17, 15) is 10.2 Å². The summed E-state index contributed by atoms with van der Waals surface area (Å²) in [6.45, 7) is 8.44. The quantitative estimate of drug-likeness (QED) is 0.737. The second-order valence-corrected chi connectivity index (χ2v) is 12.2. The SMILES string of the molecule is COC12CCC3(CC1C(C)(O)C(C)(C)C)[C@H]1CCC[C@]34c3c(ccc(O)c3OC24)C1. The Balaban J connectivity index is 1.65. The van der Waals surface area contributed by atoms with Gasteiger partial charge in [-0.2, -0.15) is 0 Å². The van der Waals surface area contributed by atoms with Crippen LogP contribution in [0.1, 0.15) is 77.3 Å². The minimum atomic E-state index is -0.882. The van der Waals surface area contributed by atoms with Crippen LogP contribution < -0.4 is 4.74 Å². The van der Waals surface area contributed by atoms with Crippen LogP contribution >= 0.6 is 0 Å². The molecule has 0 aromatic heterocycles. The molecule has 7 atom stereocenters. The number of rotatable bonds is 2. The van der Waals surface area contributed by atoms with E-state index in [0.717, 1.165) is 32.1 Å². The zero-order valence-corrected chi connectivity index (χ0v) is 19.0. The number of ether oxygens (including phenoxy) is 2. The molecule has 7 rings (SSSR count). The van der Waals surface area contributed by atoms with E-state index < -0.39 is 11.2 Å². The summed E-state index contributed by atoms with van der Waals surface area (Å²) < 4.78 is 13.3. The summed E-state index contributed by atoms with van der Waals surface area (Å²) in [4.78, 5) is 0. The van der Waals surface area contributed by atoms with Crippen LogP contribution in [-0.2, 0) is 16.6 Å². The minimum absolute atomic E-state index is 0.000445. The second-order valence-electron chi connectivity index (χ2n) is 12.2. The van der Waals surface area contributed by atoms with Gasteiger partial charge in [-0.15, -0.1) is 0 Å². The molecule has 0 amide bonds. The van der Waals surface area contributed by atoms with Crippen LogP contribution in [0.25, 0.3) is 0 Å². The Morgan fingerprint density at radius 1 is 1.13 bits per heavy atom. The lowest BCUT2D eigenvalue weighted by Crippen LogP contribution is -2.80. The van der Waals surface area contributed by atoms with E-state index >= 15 is 0 Å². The first-order valence-corrected chi connectivity index (χ1v) is 11.8. The molecule has 4 bridgehead atoms. The summed E-state index contributed by atoms with van der Waals surface area (Å²) in [6, 6.07) is 3.96. The number of phenols is 1. The van der Waals surface area contributed by atoms with E-state index in [2.05, 4.69) is 26.8 Å². The highest BCUT2D eigenvalue weighted by molar-refractivity contribution is 5.62. The van der Waals surface area contributed by atoms with Gasteiger partial charge in [-0.1, -0.05) is 33.3 Å². The summed E-state index contributed by atoms with van der Waals surface area (Å²) in [5.74, 6) is 1.59. The summed E-state index contributed by atoms with van der Waals surface area (Å²) >= 11 is 0. The van der Waals surface area contributed by atoms with E-state index in [1.54, 1.807) is 0 Å². The number of fused-ring (bicyclic) bond motifs is 2. The lowest BCUT2D eigenvalue weighted by atomic mass is 9.31. The number of aliphatic hydroxyl groups is 1. The molecule has 2 N–H and O–H groups in total. The molecule has 4 fully saturated rings. The van der Waals surface area contributed by atoms with Gasteiger partial charge in [0.1, 0.15) is 11.7 Å². The fraction of sp³-hybridized carbons (Fsp3) is 0.769. The average molecular weight is 413 g/mol. The minimum Gasteiger partial charge on any atom is -0.504 e. The number of hydrogen-bond donors (Lipinski definition) is 2. The first kappa shape index (κ1) is 19.4. The molecule has 5 unspecified atom stereocenters. The van der Waals surface area contributed by atoms with Crippen LogP contribution in [0.5, 0.6) is 11.5 Å². The summed E-state index contributed by atoms with van der Waals surface area (Å²) in [5.41, 5.74) is 1.01. The van der Waals surface area contributed by atoms with Gasteiger partial charge in [0.15, 0.2) is 11.5 Å². The standard InChI is InChI=1S/C26H36O4/c1-22(2,3)23(4,28)18-14-24-11-12-26(18,29-5)21-25(24)10-6-7-16(24)13-15-8-9-17(27)20(30-21)19(15)25/h8-9,16,18,21,27-28H,6-7,10-14H2,1-5H3/t16-,18?,21?,23?,24?,25+,26?/m0/s1. The van der Waals surface area contributed by atoms with Crippen molar-refractivity contribution < 1.29 is 19.7 Å². The predicted molar refractivity (Wildman–Crippen MR) is 115 cm³/mol. The van der Waals surface area contributed by atoms with Gasteiger partial charge in [0.25, 0.3) is 0 Å². The van der Waals surface area contributed by atoms with Crippen LogP contribution in [-0.4, -0.2) is 34.6 Å². The highest BCUT2D eigenvalue weighted by atomic mass is 16.6. The number of phenolic OH excluding ortho intramolecular Hbond substituents is 1. The van der Waals surface area contributed by atoms with Crippen LogP contribution in [0.3, 0.4) is 0 Å². The lowest BCUT2D eigenvalue weighted by molar-refractivity contribution is -0.309. The molecular formula is C26H36O4. The number of hydrogen-bond acceptors (Lipinski definition) is 4. The van der Waals surface area contributed by atoms with Gasteiger partial charge in [-0.3, -0.25) is 0 Å². The second kappa shape index (κ2) is 5.38. The van der Waals surface area contributed by atoms with Crippen molar-refractivity contribution in [3.8, 4) is 11.5 Å². The molecule has 0 radical (unpaired) electrons. The molecule has 2 spiro atoms. The Kier molecular flexibility index (Phi) is 3.48. The van der Waals surface area contributed by atoms with Gasteiger partial charge < -0.3 is 19.7 Å². The van der Waals surface area contributed by atoms with E-state index in [1.165, 1.54) is 24.0 Å². The van der Waals surface area contributed by atoms with Crippen LogP contribution in [0.15, 0.2) is 12.1 Å². The molecular weight excluding hydrogens is 376 g/mol.